The van der Waals surface area contributed by atoms with Crippen LogP contribution < -0.4 is 14.8 Å². The number of carbonyl (C=O) groups is 3. The molecule has 1 saturated heterocycles. The maximum Gasteiger partial charge on any atom is 0.344 e. The summed E-state index contributed by atoms with van der Waals surface area (Å²) >= 11 is 0. The Kier molecular flexibility index (Phi) is 5.34. The van der Waals surface area contributed by atoms with Gasteiger partial charge in [-0.25, -0.2) is 4.79 Å². The van der Waals surface area contributed by atoms with Gasteiger partial charge in [0, 0.05) is 18.0 Å². The molecule has 4 rings (SSSR count). The zero-order chi connectivity index (χ0) is 20.5. The highest BCUT2D eigenvalue weighted by atomic mass is 16.6. The van der Waals surface area contributed by atoms with Gasteiger partial charge in [-0.3, -0.25) is 14.5 Å². The smallest absolute Gasteiger partial charge is 0.344 e. The molecular weight excluding hydrogens is 376 g/mol. The van der Waals surface area contributed by atoms with Crippen LogP contribution in [0.15, 0.2) is 12.1 Å². The Morgan fingerprint density at radius 2 is 1.86 bits per heavy atom. The van der Waals surface area contributed by atoms with E-state index in [1.54, 1.807) is 12.1 Å². The van der Waals surface area contributed by atoms with Gasteiger partial charge in [0.05, 0.1) is 14.2 Å². The van der Waals surface area contributed by atoms with Gasteiger partial charge in [-0.05, 0) is 31.4 Å². The zero-order valence-corrected chi connectivity index (χ0v) is 16.7. The van der Waals surface area contributed by atoms with Gasteiger partial charge in [0.1, 0.15) is 11.6 Å². The van der Waals surface area contributed by atoms with Crippen molar-refractivity contribution in [2.75, 3.05) is 14.2 Å². The third-order valence-electron chi connectivity index (χ3n) is 6.03. The minimum atomic E-state index is -0.936. The molecule has 2 aliphatic heterocycles. The molecule has 2 amide bonds. The van der Waals surface area contributed by atoms with Gasteiger partial charge in [0.2, 0.25) is 18.0 Å². The van der Waals surface area contributed by atoms with Crippen molar-refractivity contribution >= 4 is 17.8 Å². The number of nitrogens with one attached hydrogen (secondary N) is 1. The molecule has 1 aromatic carbocycles. The lowest BCUT2D eigenvalue weighted by Gasteiger charge is -2.31. The van der Waals surface area contributed by atoms with E-state index in [1.165, 1.54) is 25.5 Å². The summed E-state index contributed by atoms with van der Waals surface area (Å²) in [7, 11) is 2.93. The van der Waals surface area contributed by atoms with E-state index in [2.05, 4.69) is 5.32 Å². The van der Waals surface area contributed by atoms with E-state index in [0.29, 0.717) is 17.7 Å². The number of hydrogen-bond donors (Lipinski definition) is 1. The van der Waals surface area contributed by atoms with Crippen molar-refractivity contribution < 1.29 is 28.6 Å². The van der Waals surface area contributed by atoms with Crippen LogP contribution in [0, 0.1) is 0 Å². The molecule has 8 nitrogen and oxygen atoms in total. The molecule has 0 bridgehead atoms. The normalized spacial score (nSPS) is 24.3. The molecule has 1 saturated carbocycles. The second-order valence-electron chi connectivity index (χ2n) is 7.72. The Balaban J connectivity index is 1.61. The predicted molar refractivity (Wildman–Crippen MR) is 103 cm³/mol. The number of esters is 1. The third-order valence-corrected chi connectivity index (χ3v) is 6.03. The Labute approximate surface area is 169 Å². The minimum Gasteiger partial charge on any atom is -0.493 e. The maximum atomic E-state index is 13.0. The fourth-order valence-corrected chi connectivity index (χ4v) is 4.59. The van der Waals surface area contributed by atoms with Gasteiger partial charge < -0.3 is 19.5 Å². The standard InChI is InChI=1S/C21H26N2O6/c1-27-15-10-8-13-17(18(15)28-2)21(26)29-20(13)23-14(9-11-16(23)24)19(25)22-12-6-4-3-5-7-12/h8,10,12,14,20H,3-7,9,11H2,1-2H3,(H,22,25). The summed E-state index contributed by atoms with van der Waals surface area (Å²) in [5.41, 5.74) is 0.751. The van der Waals surface area contributed by atoms with Crippen LogP contribution in [0.1, 0.15) is 67.1 Å². The highest BCUT2D eigenvalue weighted by molar-refractivity contribution is 5.99. The first-order chi connectivity index (χ1) is 14.0. The Morgan fingerprint density at radius 1 is 1.10 bits per heavy atom. The Hall–Kier alpha value is -2.77. The Morgan fingerprint density at radius 3 is 2.55 bits per heavy atom. The van der Waals surface area contributed by atoms with Gasteiger partial charge in [-0.15, -0.1) is 0 Å². The number of nitrogens with zero attached hydrogens (tertiary/aromatic N) is 1. The molecule has 1 aliphatic carbocycles. The first-order valence-electron chi connectivity index (χ1n) is 10.1. The summed E-state index contributed by atoms with van der Waals surface area (Å²) in [6.45, 7) is 0. The van der Waals surface area contributed by atoms with Crippen molar-refractivity contribution in [1.29, 1.82) is 0 Å². The highest BCUT2D eigenvalue weighted by Gasteiger charge is 2.48. The number of cyclic esters (lactones) is 1. The first-order valence-corrected chi connectivity index (χ1v) is 10.1. The topological polar surface area (TPSA) is 94.2 Å². The minimum absolute atomic E-state index is 0.150. The molecule has 0 spiro atoms. The Bertz CT molecular complexity index is 833. The SMILES string of the molecule is COc1ccc2c(c1OC)C(=O)OC2N1C(=O)CCC1C(=O)NC1CCCCC1. The molecule has 29 heavy (non-hydrogen) atoms. The van der Waals surface area contributed by atoms with E-state index in [4.69, 9.17) is 14.2 Å². The van der Waals surface area contributed by atoms with E-state index in [1.807, 2.05) is 0 Å². The fraction of sp³-hybridized carbons (Fsp3) is 0.571. The first kappa shape index (κ1) is 19.5. The number of carbonyl (C=O) groups excluding carboxylic acids is 3. The van der Waals surface area contributed by atoms with Crippen molar-refractivity contribution in [3.8, 4) is 11.5 Å². The zero-order valence-electron chi connectivity index (χ0n) is 16.7. The van der Waals surface area contributed by atoms with E-state index >= 15 is 0 Å². The summed E-state index contributed by atoms with van der Waals surface area (Å²) in [5.74, 6) is -0.288. The number of benzene rings is 1. The number of amides is 2. The van der Waals surface area contributed by atoms with Gasteiger partial charge >= 0.3 is 5.97 Å². The molecule has 3 aliphatic rings. The van der Waals surface area contributed by atoms with Crippen LogP contribution in [-0.4, -0.2) is 49.0 Å². The van der Waals surface area contributed by atoms with Gasteiger partial charge in [0.15, 0.2) is 11.5 Å². The second-order valence-corrected chi connectivity index (χ2v) is 7.72. The molecule has 2 unspecified atom stereocenters. The molecule has 2 heterocycles. The van der Waals surface area contributed by atoms with Crippen molar-refractivity contribution in [2.45, 2.75) is 63.3 Å². The summed E-state index contributed by atoms with van der Waals surface area (Å²) < 4.78 is 16.2. The largest absolute Gasteiger partial charge is 0.493 e. The van der Waals surface area contributed by atoms with Crippen LogP contribution in [0.5, 0.6) is 11.5 Å². The lowest BCUT2D eigenvalue weighted by Crippen LogP contribution is -2.49. The average Bonchev–Trinajstić information content (AvgIpc) is 3.27. The van der Waals surface area contributed by atoms with Crippen LogP contribution >= 0.6 is 0 Å². The molecule has 1 N–H and O–H groups in total. The molecule has 8 heteroatoms. The van der Waals surface area contributed by atoms with Crippen LogP contribution in [0.3, 0.4) is 0 Å². The second kappa shape index (κ2) is 7.93. The van der Waals surface area contributed by atoms with E-state index < -0.39 is 18.2 Å². The number of ether oxygens (including phenoxy) is 3. The van der Waals surface area contributed by atoms with Crippen LogP contribution in [0.2, 0.25) is 0 Å². The quantitative estimate of drug-likeness (QED) is 0.760. The highest BCUT2D eigenvalue weighted by Crippen LogP contribution is 2.45. The predicted octanol–water partition coefficient (Wildman–Crippen LogP) is 2.31. The van der Waals surface area contributed by atoms with Crippen LogP contribution in [-0.2, 0) is 14.3 Å². The van der Waals surface area contributed by atoms with Crippen molar-refractivity contribution in [1.82, 2.24) is 10.2 Å². The molecule has 2 fully saturated rings. The third kappa shape index (κ3) is 3.41. The number of fused-ring (bicyclic) bond motifs is 1. The van der Waals surface area contributed by atoms with Crippen molar-refractivity contribution in [3.63, 3.8) is 0 Å². The van der Waals surface area contributed by atoms with Gasteiger partial charge in [0.25, 0.3) is 0 Å². The summed E-state index contributed by atoms with van der Waals surface area (Å²) in [4.78, 5) is 39.6. The molecule has 0 aromatic heterocycles. The average molecular weight is 402 g/mol. The number of likely N-dealkylation sites (tertiary alicyclic amines) is 1. The molecule has 2 atom stereocenters. The fourth-order valence-electron chi connectivity index (χ4n) is 4.59. The summed E-state index contributed by atoms with van der Waals surface area (Å²) in [6, 6.07) is 2.86. The van der Waals surface area contributed by atoms with Crippen molar-refractivity contribution in [3.05, 3.63) is 23.3 Å². The van der Waals surface area contributed by atoms with E-state index in [-0.39, 0.29) is 35.6 Å². The summed E-state index contributed by atoms with van der Waals surface area (Å²) in [5, 5.41) is 3.09. The molecule has 0 radical (unpaired) electrons. The lowest BCUT2D eigenvalue weighted by atomic mass is 9.95. The lowest BCUT2D eigenvalue weighted by molar-refractivity contribution is -0.146. The van der Waals surface area contributed by atoms with Gasteiger partial charge in [-0.1, -0.05) is 19.3 Å². The summed E-state index contributed by atoms with van der Waals surface area (Å²) in [6.07, 6.45) is 5.05. The monoisotopic (exact) mass is 402 g/mol. The molecular formula is C21H26N2O6. The van der Waals surface area contributed by atoms with E-state index in [9.17, 15) is 14.4 Å². The van der Waals surface area contributed by atoms with Crippen LogP contribution in [0.25, 0.3) is 0 Å². The van der Waals surface area contributed by atoms with Crippen molar-refractivity contribution in [2.24, 2.45) is 0 Å². The van der Waals surface area contributed by atoms with Gasteiger partial charge in [-0.2, -0.15) is 0 Å². The number of rotatable bonds is 5. The number of methoxy groups -OCH3 is 2. The number of hydrogen-bond acceptors (Lipinski definition) is 6. The molecule has 156 valence electrons. The van der Waals surface area contributed by atoms with E-state index in [0.717, 1.165) is 25.7 Å². The molecule has 1 aromatic rings. The van der Waals surface area contributed by atoms with Crippen LogP contribution in [0.4, 0.5) is 0 Å². The maximum absolute atomic E-state index is 13.0.